The Morgan fingerprint density at radius 1 is 1.59 bits per heavy atom. The summed E-state index contributed by atoms with van der Waals surface area (Å²) in [6.45, 7) is 4.35. The molecule has 0 aliphatic heterocycles. The first kappa shape index (κ1) is 13.4. The molecule has 0 saturated heterocycles. The number of nitrogens with one attached hydrogen (secondary N) is 1. The molecule has 1 unspecified atom stereocenters. The lowest BCUT2D eigenvalue weighted by atomic mass is 10.2. The zero-order chi connectivity index (χ0) is 13.0. The molecule has 17 heavy (non-hydrogen) atoms. The molecule has 94 valence electrons. The number of aliphatic hydroxyl groups is 1. The summed E-state index contributed by atoms with van der Waals surface area (Å²) < 4.78 is 0. The molecule has 4 N–H and O–H groups in total. The highest BCUT2D eigenvalue weighted by Gasteiger charge is 2.08. The molecule has 5 nitrogen and oxygen atoms in total. The van der Waals surface area contributed by atoms with Gasteiger partial charge in [-0.05, 0) is 32.4 Å². The number of hydrogen-bond acceptors (Lipinski definition) is 4. The molecular weight excluding hydrogens is 216 g/mol. The van der Waals surface area contributed by atoms with E-state index < -0.39 is 0 Å². The summed E-state index contributed by atoms with van der Waals surface area (Å²) in [5, 5.41) is 16.7. The number of hydrogen-bond donors (Lipinski definition) is 3. The topological polar surface area (TPSA) is 86.2 Å². The van der Waals surface area contributed by atoms with Crippen molar-refractivity contribution in [2.24, 2.45) is 5.73 Å². The van der Waals surface area contributed by atoms with Gasteiger partial charge in [-0.25, -0.2) is 4.98 Å². The van der Waals surface area contributed by atoms with Crippen molar-refractivity contribution in [3.8, 4) is 0 Å². The number of aryl methyl sites for hydroxylation is 1. The molecule has 0 fully saturated rings. The van der Waals surface area contributed by atoms with Gasteiger partial charge in [-0.1, -0.05) is 0 Å². The van der Waals surface area contributed by atoms with E-state index in [0.29, 0.717) is 18.5 Å². The Balaban J connectivity index is 2.86. The Morgan fingerprint density at radius 3 is 2.76 bits per heavy atom. The quantitative estimate of drug-likeness (QED) is 0.523. The van der Waals surface area contributed by atoms with Gasteiger partial charge in [-0.15, -0.1) is 0 Å². The number of rotatable bonds is 5. The van der Waals surface area contributed by atoms with E-state index in [2.05, 4.69) is 4.98 Å². The van der Waals surface area contributed by atoms with Crippen LogP contribution in [-0.2, 0) is 0 Å². The Labute approximate surface area is 102 Å². The van der Waals surface area contributed by atoms with Crippen molar-refractivity contribution < 1.29 is 5.11 Å². The second-order valence-corrected chi connectivity index (χ2v) is 4.33. The summed E-state index contributed by atoms with van der Waals surface area (Å²) in [6, 6.07) is 3.58. The van der Waals surface area contributed by atoms with E-state index in [9.17, 15) is 5.11 Å². The fraction of sp³-hybridized carbons (Fsp3) is 0.500. The molecule has 0 aromatic carbocycles. The molecule has 0 aliphatic rings. The van der Waals surface area contributed by atoms with Gasteiger partial charge in [0, 0.05) is 24.8 Å². The van der Waals surface area contributed by atoms with E-state index in [1.165, 1.54) is 0 Å². The van der Waals surface area contributed by atoms with Crippen molar-refractivity contribution in [3.05, 3.63) is 23.4 Å². The molecule has 1 atom stereocenters. The average Bonchev–Trinajstić information content (AvgIpc) is 2.24. The number of aliphatic hydroxyl groups excluding tert-OH is 1. The Hall–Kier alpha value is -1.62. The normalized spacial score (nSPS) is 12.2. The molecule has 1 rings (SSSR count). The maximum atomic E-state index is 9.24. The fourth-order valence-corrected chi connectivity index (χ4v) is 1.50. The molecule has 0 saturated carbocycles. The second kappa shape index (κ2) is 5.63. The van der Waals surface area contributed by atoms with E-state index in [-0.39, 0.29) is 11.9 Å². The van der Waals surface area contributed by atoms with Crippen molar-refractivity contribution in [1.29, 1.82) is 5.41 Å². The van der Waals surface area contributed by atoms with Crippen molar-refractivity contribution in [3.63, 3.8) is 0 Å². The predicted octanol–water partition coefficient (Wildman–Crippen LogP) is 0.881. The third-order valence-corrected chi connectivity index (χ3v) is 2.52. The average molecular weight is 236 g/mol. The SMILES string of the molecule is Cc1cc(C(=N)N)cc(N(C)CCC(C)O)n1. The van der Waals surface area contributed by atoms with Crippen molar-refractivity contribution in [2.45, 2.75) is 26.4 Å². The number of nitrogens with zero attached hydrogens (tertiary/aromatic N) is 2. The van der Waals surface area contributed by atoms with Gasteiger partial charge in [0.2, 0.25) is 0 Å². The molecule has 5 heteroatoms. The summed E-state index contributed by atoms with van der Waals surface area (Å²) in [7, 11) is 1.91. The summed E-state index contributed by atoms with van der Waals surface area (Å²) in [5.41, 5.74) is 6.98. The van der Waals surface area contributed by atoms with Crippen molar-refractivity contribution in [1.82, 2.24) is 4.98 Å². The predicted molar refractivity (Wildman–Crippen MR) is 69.6 cm³/mol. The largest absolute Gasteiger partial charge is 0.393 e. The van der Waals surface area contributed by atoms with E-state index in [1.807, 2.05) is 18.9 Å². The van der Waals surface area contributed by atoms with Gasteiger partial charge in [-0.2, -0.15) is 0 Å². The van der Waals surface area contributed by atoms with Gasteiger partial charge in [-0.3, -0.25) is 5.41 Å². The maximum absolute atomic E-state index is 9.24. The van der Waals surface area contributed by atoms with Crippen LogP contribution in [0.5, 0.6) is 0 Å². The fourth-order valence-electron chi connectivity index (χ4n) is 1.50. The van der Waals surface area contributed by atoms with Gasteiger partial charge in [0.25, 0.3) is 0 Å². The second-order valence-electron chi connectivity index (χ2n) is 4.33. The van der Waals surface area contributed by atoms with Gasteiger partial charge in [0.05, 0.1) is 6.10 Å². The third-order valence-electron chi connectivity index (χ3n) is 2.52. The lowest BCUT2D eigenvalue weighted by molar-refractivity contribution is 0.187. The van der Waals surface area contributed by atoms with Crippen LogP contribution in [0.3, 0.4) is 0 Å². The zero-order valence-electron chi connectivity index (χ0n) is 10.6. The highest BCUT2D eigenvalue weighted by Crippen LogP contribution is 2.14. The van der Waals surface area contributed by atoms with Crippen molar-refractivity contribution >= 4 is 11.7 Å². The standard InChI is InChI=1S/C12H20N4O/c1-8-6-10(12(13)14)7-11(15-8)16(3)5-4-9(2)17/h6-7,9,17H,4-5H2,1-3H3,(H3,13,14). The molecule has 0 aliphatic carbocycles. The van der Waals surface area contributed by atoms with Crippen LogP contribution in [0.15, 0.2) is 12.1 Å². The highest BCUT2D eigenvalue weighted by molar-refractivity contribution is 5.95. The summed E-state index contributed by atoms with van der Waals surface area (Å²) >= 11 is 0. The Morgan fingerprint density at radius 2 is 2.24 bits per heavy atom. The van der Waals surface area contributed by atoms with Gasteiger partial charge < -0.3 is 15.7 Å². The highest BCUT2D eigenvalue weighted by atomic mass is 16.3. The Kier molecular flexibility index (Phi) is 4.45. The summed E-state index contributed by atoms with van der Waals surface area (Å²) in [5.74, 6) is 0.816. The van der Waals surface area contributed by atoms with Crippen LogP contribution in [0.2, 0.25) is 0 Å². The summed E-state index contributed by atoms with van der Waals surface area (Å²) in [4.78, 5) is 6.34. The number of nitrogen functional groups attached to an aromatic ring is 1. The molecule has 0 bridgehead atoms. The molecule has 1 heterocycles. The minimum absolute atomic E-state index is 0.0423. The number of anilines is 1. The number of nitrogens with two attached hydrogens (primary N) is 1. The molecule has 1 aromatic rings. The first-order valence-electron chi connectivity index (χ1n) is 5.62. The third kappa shape index (κ3) is 4.03. The van der Waals surface area contributed by atoms with Crippen LogP contribution in [0.25, 0.3) is 0 Å². The number of pyridine rings is 1. The van der Waals surface area contributed by atoms with Crippen LogP contribution in [0, 0.1) is 12.3 Å². The van der Waals surface area contributed by atoms with Gasteiger partial charge in [0.15, 0.2) is 0 Å². The van der Waals surface area contributed by atoms with E-state index in [1.54, 1.807) is 19.1 Å². The molecule has 0 amide bonds. The van der Waals surface area contributed by atoms with Crippen LogP contribution < -0.4 is 10.6 Å². The number of aromatic nitrogens is 1. The van der Waals surface area contributed by atoms with Crippen LogP contribution in [-0.4, -0.2) is 35.6 Å². The zero-order valence-corrected chi connectivity index (χ0v) is 10.6. The molecule has 0 radical (unpaired) electrons. The van der Waals surface area contributed by atoms with Gasteiger partial charge in [0.1, 0.15) is 11.7 Å². The van der Waals surface area contributed by atoms with Crippen molar-refractivity contribution in [2.75, 3.05) is 18.5 Å². The smallest absolute Gasteiger partial charge is 0.129 e. The minimum Gasteiger partial charge on any atom is -0.393 e. The molecule has 0 spiro atoms. The first-order chi connectivity index (χ1) is 7.90. The van der Waals surface area contributed by atoms with Crippen LogP contribution in [0.4, 0.5) is 5.82 Å². The minimum atomic E-state index is -0.325. The molecular formula is C12H20N4O. The monoisotopic (exact) mass is 236 g/mol. The van der Waals surface area contributed by atoms with E-state index in [0.717, 1.165) is 11.5 Å². The van der Waals surface area contributed by atoms with Crippen LogP contribution in [0.1, 0.15) is 24.6 Å². The Bertz CT molecular complexity index is 403. The van der Waals surface area contributed by atoms with E-state index in [4.69, 9.17) is 11.1 Å². The first-order valence-corrected chi connectivity index (χ1v) is 5.62. The summed E-state index contributed by atoms with van der Waals surface area (Å²) in [6.07, 6.45) is 0.358. The maximum Gasteiger partial charge on any atom is 0.129 e. The lowest BCUT2D eigenvalue weighted by Crippen LogP contribution is -2.23. The van der Waals surface area contributed by atoms with E-state index >= 15 is 0 Å². The van der Waals surface area contributed by atoms with Crippen LogP contribution >= 0.6 is 0 Å². The number of amidine groups is 1. The molecule has 1 aromatic heterocycles. The van der Waals surface area contributed by atoms with Gasteiger partial charge >= 0.3 is 0 Å². The lowest BCUT2D eigenvalue weighted by Gasteiger charge is -2.20.